The first-order chi connectivity index (χ1) is 18.6. The van der Waals surface area contributed by atoms with E-state index in [0.29, 0.717) is 36.8 Å². The number of halogens is 7. The topological polar surface area (TPSA) is 156 Å². The Morgan fingerprint density at radius 3 is 2.08 bits per heavy atom. The SMILES string of the molecule is O=C(Nc1ccccn1)c1[nH]c(C[NH+]2CCOCC2)c2c(F)ccc[n+]12.O=C([O-])C(F)(F)F.O=C([O-])C(F)(F)F. The van der Waals surface area contributed by atoms with Gasteiger partial charge in [-0.05, 0) is 24.3 Å². The van der Waals surface area contributed by atoms with E-state index in [9.17, 15) is 35.5 Å². The van der Waals surface area contributed by atoms with Gasteiger partial charge >= 0.3 is 24.1 Å². The molecule has 1 aliphatic rings. The fourth-order valence-electron chi connectivity index (χ4n) is 3.21. The molecule has 4 heterocycles. The van der Waals surface area contributed by atoms with Gasteiger partial charge in [-0.1, -0.05) is 6.07 Å². The number of hydrogen-bond donors (Lipinski definition) is 3. The molecule has 1 aliphatic heterocycles. The van der Waals surface area contributed by atoms with Crippen molar-refractivity contribution in [1.29, 1.82) is 0 Å². The number of alkyl halides is 6. The number of quaternary nitrogens is 1. The summed E-state index contributed by atoms with van der Waals surface area (Å²) in [7, 11) is 0. The van der Waals surface area contributed by atoms with E-state index in [1.807, 2.05) is 0 Å². The lowest BCUT2D eigenvalue weighted by Crippen LogP contribution is -3.12. The second-order valence-electron chi connectivity index (χ2n) is 7.81. The van der Waals surface area contributed by atoms with Gasteiger partial charge in [-0.2, -0.15) is 30.7 Å². The number of carboxylic acids is 2. The molecule has 1 fully saturated rings. The number of morpholine rings is 1. The number of pyridine rings is 2. The Bertz CT molecular complexity index is 1290. The number of amides is 1. The number of fused-ring (bicyclic) bond motifs is 1. The number of nitrogens with one attached hydrogen (secondary N) is 3. The van der Waals surface area contributed by atoms with Crippen molar-refractivity contribution in [2.45, 2.75) is 18.9 Å². The summed E-state index contributed by atoms with van der Waals surface area (Å²) in [6, 6.07) is 8.25. The minimum absolute atomic E-state index is 0.271. The lowest BCUT2D eigenvalue weighted by Gasteiger charge is -2.22. The largest absolute Gasteiger partial charge is 0.542 e. The minimum Gasteiger partial charge on any atom is -0.542 e. The number of carbonyl (C=O) groups is 3. The maximum Gasteiger partial charge on any atom is 0.430 e. The average molecular weight is 583 g/mol. The van der Waals surface area contributed by atoms with Crippen molar-refractivity contribution in [3.05, 3.63) is 60.1 Å². The van der Waals surface area contributed by atoms with Crippen LogP contribution in [0.1, 0.15) is 16.3 Å². The molecule has 0 aromatic carbocycles. The first-order valence-electron chi connectivity index (χ1n) is 11.0. The van der Waals surface area contributed by atoms with Crippen LogP contribution in [0.25, 0.3) is 5.52 Å². The molecule has 18 heteroatoms. The number of nitrogens with zero attached hydrogens (tertiary/aromatic N) is 2. The Kier molecular flexibility index (Phi) is 10.9. The summed E-state index contributed by atoms with van der Waals surface area (Å²) in [5, 5.41) is 20.3. The summed E-state index contributed by atoms with van der Waals surface area (Å²) < 4.78 is 84.5. The highest BCUT2D eigenvalue weighted by molar-refractivity contribution is 6.00. The molecule has 0 aliphatic carbocycles. The lowest BCUT2D eigenvalue weighted by atomic mass is 10.3. The van der Waals surface area contributed by atoms with E-state index < -0.39 is 24.3 Å². The predicted molar refractivity (Wildman–Crippen MR) is 113 cm³/mol. The van der Waals surface area contributed by atoms with Gasteiger partial charge in [0.2, 0.25) is 11.2 Å². The third-order valence-corrected chi connectivity index (χ3v) is 4.95. The number of carbonyl (C=O) groups excluding carboxylic acids is 3. The van der Waals surface area contributed by atoms with Gasteiger partial charge in [0.1, 0.15) is 37.4 Å². The predicted octanol–water partition coefficient (Wildman–Crippen LogP) is -1.45. The number of rotatable bonds is 4. The maximum absolute atomic E-state index is 14.5. The molecule has 0 atom stereocenters. The molecule has 0 spiro atoms. The molecule has 4 rings (SSSR count). The van der Waals surface area contributed by atoms with Crippen LogP contribution in [0.5, 0.6) is 0 Å². The Balaban J connectivity index is 0.000000333. The normalized spacial score (nSPS) is 13.9. The van der Waals surface area contributed by atoms with Crippen molar-refractivity contribution in [2.75, 3.05) is 31.6 Å². The number of H-pyrrole nitrogens is 1. The van der Waals surface area contributed by atoms with Crippen LogP contribution in [0.15, 0.2) is 42.7 Å². The van der Waals surface area contributed by atoms with Crippen LogP contribution in [0.3, 0.4) is 0 Å². The van der Waals surface area contributed by atoms with Crippen LogP contribution in [0, 0.1) is 5.82 Å². The maximum atomic E-state index is 14.5. The lowest BCUT2D eigenvalue weighted by molar-refractivity contribution is -0.921. The van der Waals surface area contributed by atoms with E-state index in [0.717, 1.165) is 13.1 Å². The number of imidazole rings is 1. The molecule has 1 amide bonds. The number of aromatic nitrogens is 3. The summed E-state index contributed by atoms with van der Waals surface area (Å²) in [5.41, 5.74) is 1.10. The van der Waals surface area contributed by atoms with Gasteiger partial charge in [-0.15, -0.1) is 0 Å². The van der Waals surface area contributed by atoms with Gasteiger partial charge in [-0.25, -0.2) is 14.4 Å². The van der Waals surface area contributed by atoms with Crippen LogP contribution in [0.2, 0.25) is 0 Å². The number of hydrogen-bond acceptors (Lipinski definition) is 7. The van der Waals surface area contributed by atoms with Crippen LogP contribution in [0.4, 0.5) is 36.6 Å². The number of ether oxygens (including phenoxy) is 1. The van der Waals surface area contributed by atoms with Crippen molar-refractivity contribution in [3.63, 3.8) is 0 Å². The summed E-state index contributed by atoms with van der Waals surface area (Å²) in [5.74, 6) is -6.03. The fourth-order valence-corrected chi connectivity index (χ4v) is 3.21. The molecule has 0 bridgehead atoms. The van der Waals surface area contributed by atoms with Crippen LogP contribution in [-0.2, 0) is 20.9 Å². The second-order valence-corrected chi connectivity index (χ2v) is 7.81. The summed E-state index contributed by atoms with van der Waals surface area (Å²) >= 11 is 0. The Morgan fingerprint density at radius 2 is 1.57 bits per heavy atom. The highest BCUT2D eigenvalue weighted by Crippen LogP contribution is 2.13. The van der Waals surface area contributed by atoms with Crippen molar-refractivity contribution < 1.29 is 69.4 Å². The molecule has 3 aromatic rings. The Hall–Kier alpha value is -4.32. The molecule has 1 saturated heterocycles. The molecule has 0 radical (unpaired) electrons. The van der Waals surface area contributed by atoms with E-state index >= 15 is 0 Å². The summed E-state index contributed by atoms with van der Waals surface area (Å²) in [6.07, 6.45) is -7.11. The zero-order valence-corrected chi connectivity index (χ0v) is 20.1. The smallest absolute Gasteiger partial charge is 0.430 e. The zero-order valence-electron chi connectivity index (χ0n) is 20.1. The van der Waals surface area contributed by atoms with Gasteiger partial charge in [0.15, 0.2) is 5.82 Å². The second kappa shape index (κ2) is 13.7. The molecule has 3 N–H and O–H groups in total. The van der Waals surface area contributed by atoms with Crippen LogP contribution >= 0.6 is 0 Å². The number of anilines is 1. The fraction of sp³-hybridized carbons (Fsp3) is 0.318. The van der Waals surface area contributed by atoms with Crippen molar-refractivity contribution in [3.8, 4) is 0 Å². The van der Waals surface area contributed by atoms with Crippen LogP contribution in [-0.4, -0.2) is 66.5 Å². The summed E-state index contributed by atoms with van der Waals surface area (Å²) in [6.45, 7) is 3.70. The molecule has 0 unspecified atom stereocenters. The average Bonchev–Trinajstić information content (AvgIpc) is 3.24. The van der Waals surface area contributed by atoms with Gasteiger partial charge in [0.05, 0.1) is 19.4 Å². The molecular weight excluding hydrogens is 563 g/mol. The molecular formula is C22H20F7N5O6. The highest BCUT2D eigenvalue weighted by Gasteiger charge is 2.31. The van der Waals surface area contributed by atoms with Crippen LogP contribution < -0.4 is 24.8 Å². The monoisotopic (exact) mass is 583 g/mol. The number of aliphatic carboxylic acids is 2. The molecule has 11 nitrogen and oxygen atoms in total. The van der Waals surface area contributed by atoms with E-state index in [2.05, 4.69) is 15.3 Å². The quantitative estimate of drug-likeness (QED) is 0.251. The molecule has 40 heavy (non-hydrogen) atoms. The number of carboxylic acid groups (broad SMARTS) is 2. The first-order valence-corrected chi connectivity index (χ1v) is 11.0. The van der Waals surface area contributed by atoms with Gasteiger partial charge in [0, 0.05) is 6.20 Å². The van der Waals surface area contributed by atoms with Crippen molar-refractivity contribution >= 4 is 29.2 Å². The zero-order chi connectivity index (χ0) is 30.1. The van der Waals surface area contributed by atoms with Gasteiger partial charge < -0.3 is 29.4 Å². The first kappa shape index (κ1) is 31.9. The van der Waals surface area contributed by atoms with Crippen molar-refractivity contribution in [2.24, 2.45) is 0 Å². The van der Waals surface area contributed by atoms with E-state index in [4.69, 9.17) is 24.5 Å². The Labute approximate surface area is 219 Å². The molecule has 218 valence electrons. The van der Waals surface area contributed by atoms with E-state index in [1.165, 1.54) is 11.0 Å². The third-order valence-electron chi connectivity index (χ3n) is 4.95. The molecule has 3 aromatic heterocycles. The Morgan fingerprint density at radius 1 is 1.00 bits per heavy atom. The standard InChI is InChI=1S/C18H18FN5O2.2C2HF3O2/c19-13-4-3-7-24-16(13)14(12-23-8-10-26-11-9-23)21-17(24)18(25)22-15-5-1-2-6-20-15;2*3-2(4,5)1(6)7/h1-7H,8-12H2,(H,20,22,25);2*(H,6,7). The van der Waals surface area contributed by atoms with Gasteiger partial charge in [-0.3, -0.25) is 10.1 Å². The third kappa shape index (κ3) is 9.45. The minimum atomic E-state index is -5.19. The highest BCUT2D eigenvalue weighted by atomic mass is 19.4. The van der Waals surface area contributed by atoms with E-state index in [-0.39, 0.29) is 17.5 Å². The molecule has 0 saturated carbocycles. The van der Waals surface area contributed by atoms with Crippen molar-refractivity contribution in [1.82, 2.24) is 9.97 Å². The number of aromatic amines is 1. The van der Waals surface area contributed by atoms with Gasteiger partial charge in [0.25, 0.3) is 0 Å². The summed E-state index contributed by atoms with van der Waals surface area (Å²) in [4.78, 5) is 38.8. The van der Waals surface area contributed by atoms with E-state index in [1.54, 1.807) is 41.1 Å².